The van der Waals surface area contributed by atoms with Crippen molar-refractivity contribution in [2.75, 3.05) is 11.2 Å². The van der Waals surface area contributed by atoms with Crippen molar-refractivity contribution in [3.05, 3.63) is 52.8 Å². The standard InChI is InChI=1S/C20H17N3O5S2/c1-22-15-8-7-14(30(2,27)28)11-16(15)29-20(22)21-19(26)12-3-5-13(6-4-12)23-17(24)9-10-18(23)25/h3-8,11H,9-10H2,1-2H3. The van der Waals surface area contributed by atoms with Crippen LogP contribution in [0.5, 0.6) is 0 Å². The van der Waals surface area contributed by atoms with E-state index in [9.17, 15) is 22.8 Å². The van der Waals surface area contributed by atoms with Gasteiger partial charge in [-0.05, 0) is 42.5 Å². The topological polar surface area (TPSA) is 106 Å². The molecule has 30 heavy (non-hydrogen) atoms. The van der Waals surface area contributed by atoms with Crippen LogP contribution >= 0.6 is 11.3 Å². The molecule has 1 aromatic heterocycles. The Morgan fingerprint density at radius 2 is 1.67 bits per heavy atom. The molecule has 154 valence electrons. The Bertz CT molecular complexity index is 1370. The highest BCUT2D eigenvalue weighted by atomic mass is 32.2. The summed E-state index contributed by atoms with van der Waals surface area (Å²) in [6.07, 6.45) is 1.53. The van der Waals surface area contributed by atoms with Crippen molar-refractivity contribution in [3.63, 3.8) is 0 Å². The number of rotatable bonds is 3. The van der Waals surface area contributed by atoms with Crippen molar-refractivity contribution in [3.8, 4) is 0 Å². The minimum atomic E-state index is -3.34. The highest BCUT2D eigenvalue weighted by Crippen LogP contribution is 2.23. The third-order valence-electron chi connectivity index (χ3n) is 4.83. The maximum atomic E-state index is 12.6. The van der Waals surface area contributed by atoms with Gasteiger partial charge in [-0.2, -0.15) is 4.99 Å². The van der Waals surface area contributed by atoms with Gasteiger partial charge in [0.2, 0.25) is 11.8 Å². The van der Waals surface area contributed by atoms with Crippen LogP contribution in [-0.4, -0.2) is 37.0 Å². The van der Waals surface area contributed by atoms with Crippen molar-refractivity contribution in [2.45, 2.75) is 17.7 Å². The van der Waals surface area contributed by atoms with Crippen molar-refractivity contribution in [1.29, 1.82) is 0 Å². The molecule has 0 unspecified atom stereocenters. The predicted octanol–water partition coefficient (Wildman–Crippen LogP) is 2.04. The van der Waals surface area contributed by atoms with Crippen molar-refractivity contribution in [2.24, 2.45) is 12.0 Å². The molecule has 3 aromatic rings. The molecule has 3 amide bonds. The third kappa shape index (κ3) is 3.59. The molecule has 2 aromatic carbocycles. The summed E-state index contributed by atoms with van der Waals surface area (Å²) in [5.41, 5.74) is 1.51. The lowest BCUT2D eigenvalue weighted by molar-refractivity contribution is -0.121. The Balaban J connectivity index is 1.67. The van der Waals surface area contributed by atoms with E-state index >= 15 is 0 Å². The SMILES string of the molecule is Cn1c(=NC(=O)c2ccc(N3C(=O)CCC3=O)cc2)sc2cc(S(C)(=O)=O)ccc21. The van der Waals surface area contributed by atoms with E-state index in [0.29, 0.717) is 20.8 Å². The number of amides is 3. The predicted molar refractivity (Wildman–Crippen MR) is 112 cm³/mol. The van der Waals surface area contributed by atoms with E-state index in [0.717, 1.165) is 16.7 Å². The van der Waals surface area contributed by atoms with Crippen LogP contribution in [0, 0.1) is 0 Å². The highest BCUT2D eigenvalue weighted by Gasteiger charge is 2.30. The second kappa shape index (κ2) is 7.29. The van der Waals surface area contributed by atoms with Crippen molar-refractivity contribution >= 4 is 54.8 Å². The summed E-state index contributed by atoms with van der Waals surface area (Å²) in [7, 11) is -1.59. The Labute approximate surface area is 176 Å². The number of aryl methyl sites for hydroxylation is 1. The minimum absolute atomic E-state index is 0.193. The number of fused-ring (bicyclic) bond motifs is 1. The van der Waals surface area contributed by atoms with E-state index in [2.05, 4.69) is 4.99 Å². The summed E-state index contributed by atoms with van der Waals surface area (Å²) in [6.45, 7) is 0. The number of imide groups is 1. The van der Waals surface area contributed by atoms with Gasteiger partial charge in [0.05, 0.1) is 20.8 Å². The third-order valence-corrected chi connectivity index (χ3v) is 7.03. The average molecular weight is 444 g/mol. The number of anilines is 1. The zero-order valence-electron chi connectivity index (χ0n) is 16.2. The first-order valence-corrected chi connectivity index (χ1v) is 11.7. The van der Waals surface area contributed by atoms with Crippen molar-refractivity contribution < 1.29 is 22.8 Å². The molecule has 0 N–H and O–H groups in total. The lowest BCUT2D eigenvalue weighted by atomic mass is 10.2. The second-order valence-electron chi connectivity index (χ2n) is 6.93. The Morgan fingerprint density at radius 3 is 2.27 bits per heavy atom. The summed E-state index contributed by atoms with van der Waals surface area (Å²) in [4.78, 5) is 42.2. The zero-order valence-corrected chi connectivity index (χ0v) is 17.8. The summed E-state index contributed by atoms with van der Waals surface area (Å²) < 4.78 is 26.0. The largest absolute Gasteiger partial charge is 0.319 e. The molecule has 0 bridgehead atoms. The number of thiazole rings is 1. The lowest BCUT2D eigenvalue weighted by Crippen LogP contribution is -2.28. The molecular weight excluding hydrogens is 426 g/mol. The van der Waals surface area contributed by atoms with E-state index in [-0.39, 0.29) is 29.6 Å². The molecule has 0 saturated carbocycles. The van der Waals surface area contributed by atoms with Crippen LogP contribution in [0.2, 0.25) is 0 Å². The van der Waals surface area contributed by atoms with E-state index in [1.807, 2.05) is 0 Å². The van der Waals surface area contributed by atoms with Gasteiger partial charge >= 0.3 is 0 Å². The Morgan fingerprint density at radius 1 is 1.03 bits per heavy atom. The fraction of sp³-hybridized carbons (Fsp3) is 0.200. The Kier molecular flexibility index (Phi) is 4.91. The molecular formula is C20H17N3O5S2. The van der Waals surface area contributed by atoms with Gasteiger partial charge in [0.25, 0.3) is 5.91 Å². The minimum Gasteiger partial charge on any atom is -0.319 e. The number of hydrogen-bond acceptors (Lipinski definition) is 6. The summed E-state index contributed by atoms with van der Waals surface area (Å²) in [6, 6.07) is 10.9. The monoisotopic (exact) mass is 443 g/mol. The molecule has 0 radical (unpaired) electrons. The summed E-state index contributed by atoms with van der Waals surface area (Å²) in [5, 5.41) is 0. The summed E-state index contributed by atoms with van der Waals surface area (Å²) >= 11 is 1.21. The van der Waals surface area contributed by atoms with Gasteiger partial charge in [-0.25, -0.2) is 8.42 Å². The van der Waals surface area contributed by atoms with Gasteiger partial charge in [0, 0.05) is 31.7 Å². The molecule has 10 heteroatoms. The number of carbonyl (C=O) groups excluding carboxylic acids is 3. The van der Waals surface area contributed by atoms with Gasteiger partial charge in [-0.1, -0.05) is 11.3 Å². The maximum absolute atomic E-state index is 12.6. The first-order chi connectivity index (χ1) is 14.1. The van der Waals surface area contributed by atoms with Crippen LogP contribution in [0.25, 0.3) is 10.2 Å². The van der Waals surface area contributed by atoms with Crippen LogP contribution in [0.15, 0.2) is 52.4 Å². The van der Waals surface area contributed by atoms with Crippen molar-refractivity contribution in [1.82, 2.24) is 4.57 Å². The van der Waals surface area contributed by atoms with Crippen LogP contribution in [0.1, 0.15) is 23.2 Å². The van der Waals surface area contributed by atoms with Crippen LogP contribution in [0.4, 0.5) is 5.69 Å². The molecule has 1 saturated heterocycles. The number of sulfone groups is 1. The van der Waals surface area contributed by atoms with E-state index in [4.69, 9.17) is 0 Å². The van der Waals surface area contributed by atoms with Crippen LogP contribution in [-0.2, 0) is 26.5 Å². The number of aromatic nitrogens is 1. The molecule has 8 nitrogen and oxygen atoms in total. The molecule has 1 aliphatic heterocycles. The van der Waals surface area contributed by atoms with Crippen LogP contribution < -0.4 is 9.70 Å². The maximum Gasteiger partial charge on any atom is 0.279 e. The average Bonchev–Trinajstić information content (AvgIpc) is 3.19. The van der Waals surface area contributed by atoms with Gasteiger partial charge in [0.1, 0.15) is 0 Å². The molecule has 1 aliphatic rings. The fourth-order valence-electron chi connectivity index (χ4n) is 3.22. The van der Waals surface area contributed by atoms with Gasteiger partial charge in [-0.3, -0.25) is 19.3 Å². The smallest absolute Gasteiger partial charge is 0.279 e. The zero-order chi connectivity index (χ0) is 21.6. The normalized spacial score (nSPS) is 15.4. The van der Waals surface area contributed by atoms with Gasteiger partial charge in [0.15, 0.2) is 14.6 Å². The second-order valence-corrected chi connectivity index (χ2v) is 9.96. The fourth-order valence-corrected chi connectivity index (χ4v) is 5.00. The number of hydrogen-bond donors (Lipinski definition) is 0. The van der Waals surface area contributed by atoms with E-state index in [1.54, 1.807) is 35.9 Å². The molecule has 0 atom stereocenters. The van der Waals surface area contributed by atoms with Crippen LogP contribution in [0.3, 0.4) is 0 Å². The van der Waals surface area contributed by atoms with E-state index in [1.165, 1.54) is 29.5 Å². The molecule has 0 aliphatic carbocycles. The first-order valence-electron chi connectivity index (χ1n) is 9.00. The summed E-state index contributed by atoms with van der Waals surface area (Å²) in [5.74, 6) is -0.991. The first kappa shape index (κ1) is 20.2. The Hall–Kier alpha value is -3.11. The molecule has 4 rings (SSSR count). The molecule has 1 fully saturated rings. The number of benzene rings is 2. The quantitative estimate of drug-likeness (QED) is 0.576. The number of carbonyl (C=O) groups is 3. The molecule has 0 spiro atoms. The molecule has 2 heterocycles. The lowest BCUT2D eigenvalue weighted by Gasteiger charge is -2.13. The van der Waals surface area contributed by atoms with Gasteiger partial charge < -0.3 is 4.57 Å². The highest BCUT2D eigenvalue weighted by molar-refractivity contribution is 7.90. The number of nitrogens with zero attached hydrogens (tertiary/aromatic N) is 3. The van der Waals surface area contributed by atoms with Gasteiger partial charge in [-0.15, -0.1) is 0 Å². The van der Waals surface area contributed by atoms with E-state index < -0.39 is 15.7 Å².